The number of nitrogens with one attached hydrogen (secondary N) is 1. The average Bonchev–Trinajstić information content (AvgIpc) is 3.09. The number of ether oxygens (including phenoxy) is 1. The maximum Gasteiger partial charge on any atom is 0.230 e. The van der Waals surface area contributed by atoms with Crippen LogP contribution >= 0.6 is 0 Å². The molecule has 1 amide bonds. The van der Waals surface area contributed by atoms with Crippen molar-refractivity contribution in [1.29, 1.82) is 0 Å². The quantitative estimate of drug-likeness (QED) is 0.708. The normalized spacial score (nSPS) is 15.1. The van der Waals surface area contributed by atoms with Crippen LogP contribution in [0, 0.1) is 0 Å². The average molecular weight is 363 g/mol. The predicted molar refractivity (Wildman–Crippen MR) is 106 cm³/mol. The number of hydrogen-bond donors (Lipinski definition) is 1. The third kappa shape index (κ3) is 4.74. The number of anilines is 1. The molecule has 0 radical (unpaired) electrons. The molecule has 2 aromatic heterocycles. The lowest BCUT2D eigenvalue weighted by Gasteiger charge is -2.22. The van der Waals surface area contributed by atoms with Crippen molar-refractivity contribution in [2.45, 2.75) is 51.2 Å². The minimum Gasteiger partial charge on any atom is -0.374 e. The highest BCUT2D eigenvalue weighted by atomic mass is 16.5. The van der Waals surface area contributed by atoms with Gasteiger partial charge in [0, 0.05) is 18.1 Å². The molecule has 1 aromatic carbocycles. The summed E-state index contributed by atoms with van der Waals surface area (Å²) in [6.45, 7) is 0.598. The number of amides is 1. The molecule has 5 nitrogen and oxygen atoms in total. The Balaban J connectivity index is 1.33. The molecule has 0 atom stereocenters. The van der Waals surface area contributed by atoms with E-state index in [1.54, 1.807) is 0 Å². The minimum absolute atomic E-state index is 0.0660. The Morgan fingerprint density at radius 3 is 2.89 bits per heavy atom. The fourth-order valence-electron chi connectivity index (χ4n) is 3.63. The van der Waals surface area contributed by atoms with Gasteiger partial charge in [-0.1, -0.05) is 37.5 Å². The van der Waals surface area contributed by atoms with Crippen molar-refractivity contribution in [2.24, 2.45) is 0 Å². The van der Waals surface area contributed by atoms with Gasteiger partial charge in [-0.3, -0.25) is 4.79 Å². The predicted octanol–water partition coefficient (Wildman–Crippen LogP) is 4.36. The van der Waals surface area contributed by atoms with E-state index in [4.69, 9.17) is 4.74 Å². The number of nitrogens with zero attached hydrogens (tertiary/aromatic N) is 2. The van der Waals surface area contributed by atoms with E-state index in [0.29, 0.717) is 12.7 Å². The third-order valence-electron chi connectivity index (χ3n) is 5.00. The molecule has 0 unspecified atom stereocenters. The Labute approximate surface area is 159 Å². The molecule has 3 aromatic rings. The van der Waals surface area contributed by atoms with Crippen LogP contribution in [0.2, 0.25) is 0 Å². The van der Waals surface area contributed by atoms with Gasteiger partial charge >= 0.3 is 0 Å². The topological polar surface area (TPSA) is 55.6 Å². The van der Waals surface area contributed by atoms with Crippen molar-refractivity contribution >= 4 is 17.2 Å². The van der Waals surface area contributed by atoms with Gasteiger partial charge in [-0.25, -0.2) is 4.98 Å². The molecule has 140 valence electrons. The van der Waals surface area contributed by atoms with Crippen LogP contribution in [-0.4, -0.2) is 21.4 Å². The standard InChI is InChI=1S/C22H25N3O2/c26-22(14-19-15-25-12-5-4-11-21(25)23-19)24-18-8-6-7-17(13-18)16-27-20-9-2-1-3-10-20/h4-8,11-13,15,20H,1-3,9-10,14,16H2,(H,24,26). The number of rotatable bonds is 6. The zero-order chi connectivity index (χ0) is 18.5. The SMILES string of the molecule is O=C(Cc1cn2ccccc2n1)Nc1cccc(COC2CCCCC2)c1. The van der Waals surface area contributed by atoms with E-state index in [-0.39, 0.29) is 12.3 Å². The highest BCUT2D eigenvalue weighted by Gasteiger charge is 2.14. The van der Waals surface area contributed by atoms with Crippen molar-refractivity contribution in [2.75, 3.05) is 5.32 Å². The molecule has 1 saturated carbocycles. The summed E-state index contributed by atoms with van der Waals surface area (Å²) in [7, 11) is 0. The number of aromatic nitrogens is 2. The summed E-state index contributed by atoms with van der Waals surface area (Å²) < 4.78 is 7.96. The van der Waals surface area contributed by atoms with Gasteiger partial charge in [0.2, 0.25) is 5.91 Å². The van der Waals surface area contributed by atoms with Gasteiger partial charge in [0.1, 0.15) is 5.65 Å². The maximum absolute atomic E-state index is 12.4. The lowest BCUT2D eigenvalue weighted by Crippen LogP contribution is -2.17. The third-order valence-corrected chi connectivity index (χ3v) is 5.00. The molecule has 0 spiro atoms. The van der Waals surface area contributed by atoms with Gasteiger partial charge in [-0.05, 0) is 42.7 Å². The van der Waals surface area contributed by atoms with Crippen LogP contribution in [0.3, 0.4) is 0 Å². The number of hydrogen-bond acceptors (Lipinski definition) is 3. The molecule has 1 aliphatic carbocycles. The first-order chi connectivity index (χ1) is 13.3. The maximum atomic E-state index is 12.4. The second kappa shape index (κ2) is 8.35. The van der Waals surface area contributed by atoms with Gasteiger partial charge in [0.25, 0.3) is 0 Å². The summed E-state index contributed by atoms with van der Waals surface area (Å²) in [6, 6.07) is 13.7. The van der Waals surface area contributed by atoms with E-state index in [9.17, 15) is 4.79 Å². The summed E-state index contributed by atoms with van der Waals surface area (Å²) in [5.41, 5.74) is 3.50. The van der Waals surface area contributed by atoms with E-state index in [2.05, 4.69) is 10.3 Å². The van der Waals surface area contributed by atoms with Gasteiger partial charge < -0.3 is 14.5 Å². The Hall–Kier alpha value is -2.66. The molecular formula is C22H25N3O2. The summed E-state index contributed by atoms with van der Waals surface area (Å²) in [5, 5.41) is 2.97. The summed E-state index contributed by atoms with van der Waals surface area (Å²) in [6.07, 6.45) is 10.6. The van der Waals surface area contributed by atoms with Crippen LogP contribution in [0.15, 0.2) is 54.9 Å². The Morgan fingerprint density at radius 2 is 2.04 bits per heavy atom. The number of benzene rings is 1. The van der Waals surface area contributed by atoms with E-state index < -0.39 is 0 Å². The van der Waals surface area contributed by atoms with Crippen molar-refractivity contribution < 1.29 is 9.53 Å². The van der Waals surface area contributed by atoms with Gasteiger partial charge in [-0.2, -0.15) is 0 Å². The Morgan fingerprint density at radius 1 is 1.15 bits per heavy atom. The molecule has 4 rings (SSSR count). The first-order valence-corrected chi connectivity index (χ1v) is 9.69. The van der Waals surface area contributed by atoms with Gasteiger partial charge in [0.05, 0.1) is 24.8 Å². The lowest BCUT2D eigenvalue weighted by atomic mass is 9.98. The molecule has 27 heavy (non-hydrogen) atoms. The zero-order valence-corrected chi connectivity index (χ0v) is 15.4. The van der Waals surface area contributed by atoms with E-state index in [1.807, 2.05) is 59.3 Å². The number of carbonyl (C=O) groups excluding carboxylic acids is 1. The fourth-order valence-corrected chi connectivity index (χ4v) is 3.63. The zero-order valence-electron chi connectivity index (χ0n) is 15.4. The second-order valence-corrected chi connectivity index (χ2v) is 7.19. The minimum atomic E-state index is -0.0660. The number of pyridine rings is 1. The van der Waals surface area contributed by atoms with Crippen molar-refractivity contribution in [3.63, 3.8) is 0 Å². The van der Waals surface area contributed by atoms with Crippen LogP contribution < -0.4 is 5.32 Å². The Kier molecular flexibility index (Phi) is 5.49. The molecule has 2 heterocycles. The first kappa shape index (κ1) is 17.7. The highest BCUT2D eigenvalue weighted by Crippen LogP contribution is 2.22. The van der Waals surface area contributed by atoms with Crippen LogP contribution in [-0.2, 0) is 22.6 Å². The number of imidazole rings is 1. The monoisotopic (exact) mass is 363 g/mol. The molecule has 1 aliphatic rings. The summed E-state index contributed by atoms with van der Waals surface area (Å²) in [4.78, 5) is 16.9. The smallest absolute Gasteiger partial charge is 0.230 e. The van der Waals surface area contributed by atoms with Crippen molar-refractivity contribution in [3.05, 3.63) is 66.1 Å². The largest absolute Gasteiger partial charge is 0.374 e. The molecular weight excluding hydrogens is 338 g/mol. The van der Waals surface area contributed by atoms with E-state index in [0.717, 1.165) is 35.4 Å². The van der Waals surface area contributed by atoms with Crippen LogP contribution in [0.1, 0.15) is 43.4 Å². The molecule has 1 fully saturated rings. The first-order valence-electron chi connectivity index (χ1n) is 9.69. The van der Waals surface area contributed by atoms with Crippen molar-refractivity contribution in [1.82, 2.24) is 9.38 Å². The van der Waals surface area contributed by atoms with Gasteiger partial charge in [0.15, 0.2) is 0 Å². The van der Waals surface area contributed by atoms with Crippen LogP contribution in [0.4, 0.5) is 5.69 Å². The molecule has 5 heteroatoms. The van der Waals surface area contributed by atoms with Crippen molar-refractivity contribution in [3.8, 4) is 0 Å². The molecule has 1 N–H and O–H groups in total. The van der Waals surface area contributed by atoms with Crippen LogP contribution in [0.25, 0.3) is 5.65 Å². The molecule has 0 bridgehead atoms. The molecule has 0 aliphatic heterocycles. The van der Waals surface area contributed by atoms with Crippen LogP contribution in [0.5, 0.6) is 0 Å². The number of carbonyl (C=O) groups is 1. The van der Waals surface area contributed by atoms with E-state index >= 15 is 0 Å². The second-order valence-electron chi connectivity index (χ2n) is 7.19. The fraction of sp³-hybridized carbons (Fsp3) is 0.364. The number of fused-ring (bicyclic) bond motifs is 1. The Bertz CT molecular complexity index is 880. The highest BCUT2D eigenvalue weighted by molar-refractivity contribution is 5.92. The summed E-state index contributed by atoms with van der Waals surface area (Å²) >= 11 is 0. The lowest BCUT2D eigenvalue weighted by molar-refractivity contribution is -0.115. The molecule has 0 saturated heterocycles. The summed E-state index contributed by atoms with van der Waals surface area (Å²) in [5.74, 6) is -0.0660. The van der Waals surface area contributed by atoms with Gasteiger partial charge in [-0.15, -0.1) is 0 Å². The van der Waals surface area contributed by atoms with E-state index in [1.165, 1.54) is 19.3 Å².